The average molecular weight is 367 g/mol. The van der Waals surface area contributed by atoms with E-state index in [0.717, 1.165) is 19.3 Å². The van der Waals surface area contributed by atoms with Crippen LogP contribution in [0.25, 0.3) is 16.7 Å². The van der Waals surface area contributed by atoms with E-state index in [1.807, 2.05) is 19.9 Å². The van der Waals surface area contributed by atoms with Crippen LogP contribution in [0.3, 0.4) is 0 Å². The molecule has 0 bridgehead atoms. The molecule has 0 spiro atoms. The summed E-state index contributed by atoms with van der Waals surface area (Å²) in [5, 5.41) is 11.7. The van der Waals surface area contributed by atoms with Gasteiger partial charge in [0, 0.05) is 18.8 Å². The van der Waals surface area contributed by atoms with Crippen molar-refractivity contribution in [3.63, 3.8) is 0 Å². The molecule has 3 rings (SSSR count). The fourth-order valence-electron chi connectivity index (χ4n) is 3.14. The summed E-state index contributed by atoms with van der Waals surface area (Å²) in [6.07, 6.45) is 4.56. The van der Waals surface area contributed by atoms with E-state index in [1.165, 1.54) is 10.5 Å². The van der Waals surface area contributed by atoms with Crippen molar-refractivity contribution in [1.82, 2.24) is 19.3 Å². The Morgan fingerprint density at radius 1 is 1.30 bits per heavy atom. The Morgan fingerprint density at radius 2 is 2.07 bits per heavy atom. The average Bonchev–Trinajstić information content (AvgIpc) is 2.63. The standard InChI is InChI=1S/C20H25N5O2/c1-4-5-7-11-25-17(21)14(19(26)22-13(2)3)12-15-18(25)23-16-9-6-8-10-24(16)20(15)27/h6,8-10,12-13,21H,4-5,7,11H2,1-3H3,(H,22,26). The molecule has 3 aromatic heterocycles. The quantitative estimate of drug-likeness (QED) is 0.518. The molecule has 2 N–H and O–H groups in total. The number of unbranched alkanes of at least 4 members (excludes halogenated alkanes) is 2. The lowest BCUT2D eigenvalue weighted by atomic mass is 10.1. The molecule has 1 amide bonds. The van der Waals surface area contributed by atoms with Gasteiger partial charge in [-0.05, 0) is 38.5 Å². The summed E-state index contributed by atoms with van der Waals surface area (Å²) in [7, 11) is 0. The largest absolute Gasteiger partial charge is 0.350 e. The van der Waals surface area contributed by atoms with Gasteiger partial charge in [-0.2, -0.15) is 0 Å². The Bertz CT molecular complexity index is 1110. The second-order valence-electron chi connectivity index (χ2n) is 6.98. The summed E-state index contributed by atoms with van der Waals surface area (Å²) < 4.78 is 3.15. The molecular formula is C20H25N5O2. The molecule has 142 valence electrons. The maximum Gasteiger partial charge on any atom is 0.267 e. The van der Waals surface area contributed by atoms with Crippen molar-refractivity contribution in [3.05, 3.63) is 51.9 Å². The van der Waals surface area contributed by atoms with Gasteiger partial charge in [0.15, 0.2) is 0 Å². The van der Waals surface area contributed by atoms with E-state index in [2.05, 4.69) is 17.2 Å². The molecule has 0 aromatic carbocycles. The highest BCUT2D eigenvalue weighted by atomic mass is 16.1. The van der Waals surface area contributed by atoms with Crippen LogP contribution in [-0.4, -0.2) is 25.9 Å². The number of pyridine rings is 2. The predicted octanol–water partition coefficient (Wildman–Crippen LogP) is 2.46. The van der Waals surface area contributed by atoms with Gasteiger partial charge in [0.2, 0.25) is 0 Å². The van der Waals surface area contributed by atoms with Crippen molar-refractivity contribution in [1.29, 1.82) is 5.41 Å². The van der Waals surface area contributed by atoms with Crippen molar-refractivity contribution in [3.8, 4) is 0 Å². The van der Waals surface area contributed by atoms with Crippen LogP contribution in [0.1, 0.15) is 50.4 Å². The van der Waals surface area contributed by atoms with Crippen molar-refractivity contribution in [2.45, 2.75) is 52.6 Å². The third-order valence-electron chi connectivity index (χ3n) is 4.47. The number of aromatic nitrogens is 3. The number of carbonyl (C=O) groups excluding carboxylic acids is 1. The number of nitrogens with one attached hydrogen (secondary N) is 2. The number of carbonyl (C=O) groups is 1. The summed E-state index contributed by atoms with van der Waals surface area (Å²) in [6.45, 7) is 6.38. The second-order valence-corrected chi connectivity index (χ2v) is 6.98. The molecule has 0 aliphatic rings. The number of aryl methyl sites for hydroxylation is 1. The van der Waals surface area contributed by atoms with Gasteiger partial charge < -0.3 is 9.88 Å². The van der Waals surface area contributed by atoms with Gasteiger partial charge in [0.05, 0.1) is 10.9 Å². The van der Waals surface area contributed by atoms with E-state index in [1.54, 1.807) is 22.9 Å². The van der Waals surface area contributed by atoms with Crippen molar-refractivity contribution >= 4 is 22.6 Å². The Kier molecular flexibility index (Phi) is 5.39. The fourth-order valence-corrected chi connectivity index (χ4v) is 3.14. The summed E-state index contributed by atoms with van der Waals surface area (Å²) in [5.41, 5.74) is 1.02. The van der Waals surface area contributed by atoms with Gasteiger partial charge in [-0.15, -0.1) is 0 Å². The smallest absolute Gasteiger partial charge is 0.267 e. The number of hydrogen-bond acceptors (Lipinski definition) is 4. The third kappa shape index (κ3) is 3.63. The van der Waals surface area contributed by atoms with Gasteiger partial charge in [-0.1, -0.05) is 25.8 Å². The van der Waals surface area contributed by atoms with E-state index in [4.69, 9.17) is 5.41 Å². The second kappa shape index (κ2) is 7.73. The molecule has 0 saturated heterocycles. The van der Waals surface area contributed by atoms with Crippen LogP contribution in [0.4, 0.5) is 0 Å². The zero-order chi connectivity index (χ0) is 19.6. The van der Waals surface area contributed by atoms with Crippen LogP contribution in [-0.2, 0) is 6.54 Å². The normalized spacial score (nSPS) is 11.4. The molecule has 0 saturated carbocycles. The first-order valence-electron chi connectivity index (χ1n) is 9.34. The van der Waals surface area contributed by atoms with Crippen molar-refractivity contribution in [2.24, 2.45) is 0 Å². The molecule has 0 atom stereocenters. The summed E-state index contributed by atoms with van der Waals surface area (Å²) in [4.78, 5) is 30.2. The van der Waals surface area contributed by atoms with Gasteiger partial charge in [-0.3, -0.25) is 19.4 Å². The lowest BCUT2D eigenvalue weighted by Gasteiger charge is -2.15. The Hall–Kier alpha value is -2.96. The Labute approximate surface area is 157 Å². The van der Waals surface area contributed by atoms with E-state index in [-0.39, 0.29) is 28.6 Å². The molecule has 0 aliphatic carbocycles. The first kappa shape index (κ1) is 18.8. The van der Waals surface area contributed by atoms with E-state index in [0.29, 0.717) is 23.2 Å². The SMILES string of the molecule is CCCCCn1c(=N)c(C(=O)NC(C)C)cc2c(=O)n3ccccc3nc21. The number of fused-ring (bicyclic) bond motifs is 2. The maximum absolute atomic E-state index is 13.0. The molecule has 27 heavy (non-hydrogen) atoms. The molecule has 0 unspecified atom stereocenters. The molecule has 0 radical (unpaired) electrons. The molecular weight excluding hydrogens is 342 g/mol. The maximum atomic E-state index is 13.0. The fraction of sp³-hybridized carbons (Fsp3) is 0.400. The first-order valence-corrected chi connectivity index (χ1v) is 9.34. The monoisotopic (exact) mass is 367 g/mol. The number of rotatable bonds is 6. The molecule has 7 heteroatoms. The number of hydrogen-bond donors (Lipinski definition) is 2. The van der Waals surface area contributed by atoms with E-state index < -0.39 is 0 Å². The zero-order valence-electron chi connectivity index (χ0n) is 16.0. The topological polar surface area (TPSA) is 92.2 Å². The predicted molar refractivity (Wildman–Crippen MR) is 105 cm³/mol. The molecule has 3 aromatic rings. The van der Waals surface area contributed by atoms with Crippen LogP contribution < -0.4 is 16.4 Å². The van der Waals surface area contributed by atoms with Crippen LogP contribution >= 0.6 is 0 Å². The summed E-state index contributed by atoms with van der Waals surface area (Å²) in [6, 6.07) is 6.79. The molecule has 3 heterocycles. The van der Waals surface area contributed by atoms with Crippen LogP contribution in [0.15, 0.2) is 35.3 Å². The van der Waals surface area contributed by atoms with Crippen LogP contribution in [0, 0.1) is 5.41 Å². The minimum Gasteiger partial charge on any atom is -0.350 e. The van der Waals surface area contributed by atoms with Crippen molar-refractivity contribution < 1.29 is 4.79 Å². The minimum absolute atomic E-state index is 0.0584. The summed E-state index contributed by atoms with van der Waals surface area (Å²) >= 11 is 0. The molecule has 0 fully saturated rings. The zero-order valence-corrected chi connectivity index (χ0v) is 16.0. The number of amides is 1. The highest BCUT2D eigenvalue weighted by molar-refractivity contribution is 5.96. The molecule has 7 nitrogen and oxygen atoms in total. The van der Waals surface area contributed by atoms with Gasteiger partial charge in [-0.25, -0.2) is 4.98 Å². The Morgan fingerprint density at radius 3 is 2.78 bits per heavy atom. The first-order chi connectivity index (χ1) is 12.9. The third-order valence-corrected chi connectivity index (χ3v) is 4.47. The lowest BCUT2D eigenvalue weighted by Crippen LogP contribution is -2.37. The highest BCUT2D eigenvalue weighted by Crippen LogP contribution is 2.11. The molecule has 0 aliphatic heterocycles. The summed E-state index contributed by atoms with van der Waals surface area (Å²) in [5.74, 6) is -0.348. The lowest BCUT2D eigenvalue weighted by molar-refractivity contribution is 0.0940. The number of nitrogens with zero attached hydrogens (tertiary/aromatic N) is 3. The highest BCUT2D eigenvalue weighted by Gasteiger charge is 2.17. The minimum atomic E-state index is -0.348. The van der Waals surface area contributed by atoms with E-state index in [9.17, 15) is 9.59 Å². The van der Waals surface area contributed by atoms with Gasteiger partial charge in [0.25, 0.3) is 11.5 Å². The van der Waals surface area contributed by atoms with E-state index >= 15 is 0 Å². The van der Waals surface area contributed by atoms with Crippen LogP contribution in [0.2, 0.25) is 0 Å². The Balaban J connectivity index is 2.32. The van der Waals surface area contributed by atoms with Gasteiger partial charge >= 0.3 is 0 Å². The van der Waals surface area contributed by atoms with Gasteiger partial charge in [0.1, 0.15) is 16.8 Å². The van der Waals surface area contributed by atoms with Crippen molar-refractivity contribution in [2.75, 3.05) is 0 Å². The van der Waals surface area contributed by atoms with Crippen LogP contribution in [0.5, 0.6) is 0 Å².